The lowest BCUT2D eigenvalue weighted by Crippen LogP contribution is -2.38. The summed E-state index contributed by atoms with van der Waals surface area (Å²) in [4.78, 5) is 22.5. The van der Waals surface area contributed by atoms with E-state index in [9.17, 15) is 14.3 Å². The summed E-state index contributed by atoms with van der Waals surface area (Å²) in [5, 5.41) is 9.54. The normalized spacial score (nSPS) is 15.7. The van der Waals surface area contributed by atoms with Gasteiger partial charge in [-0.2, -0.15) is 0 Å². The minimum atomic E-state index is -0.912. The van der Waals surface area contributed by atoms with Gasteiger partial charge in [-0.3, -0.25) is 9.78 Å². The van der Waals surface area contributed by atoms with Gasteiger partial charge < -0.3 is 14.7 Å². The van der Waals surface area contributed by atoms with Crippen LogP contribution >= 0.6 is 0 Å². The Hall–Kier alpha value is -2.70. The van der Waals surface area contributed by atoms with E-state index in [0.29, 0.717) is 34.9 Å². The number of aliphatic carboxylic acids is 1. The third-order valence-electron chi connectivity index (χ3n) is 6.41. The lowest BCUT2D eigenvalue weighted by Gasteiger charge is -2.40. The Bertz CT molecular complexity index is 981. The highest BCUT2D eigenvalue weighted by Gasteiger charge is 2.29. The molecule has 3 heterocycles. The summed E-state index contributed by atoms with van der Waals surface area (Å²) in [5.74, 6) is -0.871. The van der Waals surface area contributed by atoms with Gasteiger partial charge in [0.1, 0.15) is 0 Å². The number of aromatic nitrogens is 2. The molecule has 0 amide bonds. The van der Waals surface area contributed by atoms with Crippen molar-refractivity contribution in [3.63, 3.8) is 0 Å². The van der Waals surface area contributed by atoms with Crippen LogP contribution in [0, 0.1) is 24.1 Å². The van der Waals surface area contributed by atoms with E-state index in [2.05, 4.69) is 42.6 Å². The number of anilines is 1. The van der Waals surface area contributed by atoms with Gasteiger partial charge in [-0.25, -0.2) is 9.37 Å². The number of pyridine rings is 2. The molecule has 7 heteroatoms. The standard InChI is InChI=1S/C26H36FN3O3/c1-17(2)7-6-12-33-25-22(27)13-19(15-29-25)21-16-28-18(3)20(14-23(31)32)24(21)30-10-8-26(4,5)9-11-30/h13,15-17H,6-12,14H2,1-5H3,(H,31,32). The SMILES string of the molecule is Cc1ncc(-c2cnc(OCCCC(C)C)c(F)c2)c(N2CCC(C)(C)CC2)c1CC(=O)O. The highest BCUT2D eigenvalue weighted by molar-refractivity contribution is 5.84. The molecule has 0 radical (unpaired) electrons. The van der Waals surface area contributed by atoms with E-state index >= 15 is 0 Å². The van der Waals surface area contributed by atoms with Crippen molar-refractivity contribution in [3.8, 4) is 17.0 Å². The van der Waals surface area contributed by atoms with Gasteiger partial charge in [-0.05, 0) is 50.0 Å². The molecule has 1 aliphatic heterocycles. The Morgan fingerprint density at radius 3 is 2.55 bits per heavy atom. The maximum Gasteiger partial charge on any atom is 0.307 e. The van der Waals surface area contributed by atoms with Crippen molar-refractivity contribution in [2.45, 2.75) is 66.7 Å². The van der Waals surface area contributed by atoms with Crippen molar-refractivity contribution in [3.05, 3.63) is 35.5 Å². The van der Waals surface area contributed by atoms with Crippen LogP contribution in [0.25, 0.3) is 11.1 Å². The summed E-state index contributed by atoms with van der Waals surface area (Å²) in [6.45, 7) is 12.6. The molecule has 0 aliphatic carbocycles. The van der Waals surface area contributed by atoms with Crippen LogP contribution in [0.1, 0.15) is 64.6 Å². The van der Waals surface area contributed by atoms with Gasteiger partial charge in [0.15, 0.2) is 5.82 Å². The lowest BCUT2D eigenvalue weighted by molar-refractivity contribution is -0.136. The van der Waals surface area contributed by atoms with Crippen LogP contribution in [-0.2, 0) is 11.2 Å². The number of piperidine rings is 1. The maximum absolute atomic E-state index is 14.9. The third-order valence-corrected chi connectivity index (χ3v) is 6.41. The molecule has 1 fully saturated rings. The largest absolute Gasteiger partial charge is 0.481 e. The highest BCUT2D eigenvalue weighted by atomic mass is 19.1. The number of hydrogen-bond donors (Lipinski definition) is 1. The first kappa shape index (κ1) is 24.9. The van der Waals surface area contributed by atoms with Crippen molar-refractivity contribution in [1.29, 1.82) is 0 Å². The molecule has 2 aromatic rings. The van der Waals surface area contributed by atoms with E-state index in [1.165, 1.54) is 6.07 Å². The molecule has 33 heavy (non-hydrogen) atoms. The van der Waals surface area contributed by atoms with E-state index in [4.69, 9.17) is 4.74 Å². The van der Waals surface area contributed by atoms with E-state index in [1.807, 2.05) is 6.92 Å². The van der Waals surface area contributed by atoms with Crippen LogP contribution in [0.15, 0.2) is 18.5 Å². The highest BCUT2D eigenvalue weighted by Crippen LogP contribution is 2.40. The fourth-order valence-electron chi connectivity index (χ4n) is 4.24. The number of ether oxygens (including phenoxy) is 1. The van der Waals surface area contributed by atoms with Crippen LogP contribution in [-0.4, -0.2) is 40.7 Å². The summed E-state index contributed by atoms with van der Waals surface area (Å²) in [7, 11) is 0. The zero-order valence-corrected chi connectivity index (χ0v) is 20.4. The molecule has 1 N–H and O–H groups in total. The molecule has 0 unspecified atom stereocenters. The first-order chi connectivity index (χ1) is 15.6. The molecule has 1 aliphatic rings. The Morgan fingerprint density at radius 1 is 1.24 bits per heavy atom. The predicted molar refractivity (Wildman–Crippen MR) is 128 cm³/mol. The Labute approximate surface area is 196 Å². The van der Waals surface area contributed by atoms with Gasteiger partial charge >= 0.3 is 5.97 Å². The Balaban J connectivity index is 1.95. The fourth-order valence-corrected chi connectivity index (χ4v) is 4.24. The zero-order valence-electron chi connectivity index (χ0n) is 20.4. The number of carbonyl (C=O) groups is 1. The molecule has 0 bridgehead atoms. The predicted octanol–water partition coefficient (Wildman–Crippen LogP) is 5.66. The average molecular weight is 458 g/mol. The van der Waals surface area contributed by atoms with Gasteiger partial charge in [0.05, 0.1) is 18.7 Å². The molecular weight excluding hydrogens is 421 g/mol. The molecule has 2 aromatic heterocycles. The van der Waals surface area contributed by atoms with Crippen molar-refractivity contribution in [2.24, 2.45) is 11.3 Å². The van der Waals surface area contributed by atoms with Crippen molar-refractivity contribution < 1.29 is 19.0 Å². The molecule has 0 atom stereocenters. The van der Waals surface area contributed by atoms with E-state index in [1.54, 1.807) is 12.4 Å². The van der Waals surface area contributed by atoms with Crippen molar-refractivity contribution in [2.75, 3.05) is 24.6 Å². The first-order valence-corrected chi connectivity index (χ1v) is 11.8. The summed E-state index contributed by atoms with van der Waals surface area (Å²) in [6.07, 6.45) is 7.01. The number of aryl methyl sites for hydroxylation is 1. The first-order valence-electron chi connectivity index (χ1n) is 11.8. The van der Waals surface area contributed by atoms with Gasteiger partial charge in [-0.15, -0.1) is 0 Å². The monoisotopic (exact) mass is 457 g/mol. The second-order valence-electron chi connectivity index (χ2n) is 10.2. The maximum atomic E-state index is 14.9. The number of hydrogen-bond acceptors (Lipinski definition) is 5. The number of nitrogens with zero attached hydrogens (tertiary/aromatic N) is 3. The molecule has 3 rings (SSSR count). The minimum Gasteiger partial charge on any atom is -0.481 e. The van der Waals surface area contributed by atoms with Crippen molar-refractivity contribution >= 4 is 11.7 Å². The molecule has 1 saturated heterocycles. The van der Waals surface area contributed by atoms with Gasteiger partial charge in [0.25, 0.3) is 0 Å². The molecule has 0 aromatic carbocycles. The average Bonchev–Trinajstić information content (AvgIpc) is 2.73. The molecule has 0 saturated carbocycles. The van der Waals surface area contributed by atoms with Gasteiger partial charge in [0.2, 0.25) is 5.88 Å². The number of halogens is 1. The molecule has 0 spiro atoms. The smallest absolute Gasteiger partial charge is 0.307 e. The minimum absolute atomic E-state index is 0.00499. The Morgan fingerprint density at radius 2 is 1.94 bits per heavy atom. The molecule has 180 valence electrons. The summed E-state index contributed by atoms with van der Waals surface area (Å²) in [6, 6.07) is 1.42. The number of rotatable bonds is 9. The quantitative estimate of drug-likeness (QED) is 0.490. The topological polar surface area (TPSA) is 75.6 Å². The van der Waals surface area contributed by atoms with Crippen molar-refractivity contribution in [1.82, 2.24) is 9.97 Å². The fraction of sp³-hybridized carbons (Fsp3) is 0.577. The Kier molecular flexibility index (Phi) is 7.92. The van der Waals surface area contributed by atoms with E-state index in [-0.39, 0.29) is 17.7 Å². The lowest BCUT2D eigenvalue weighted by atomic mass is 9.82. The molecular formula is C26H36FN3O3. The third kappa shape index (κ3) is 6.42. The number of carboxylic acid groups (broad SMARTS) is 1. The summed E-state index contributed by atoms with van der Waals surface area (Å²) < 4.78 is 20.4. The summed E-state index contributed by atoms with van der Waals surface area (Å²) >= 11 is 0. The van der Waals surface area contributed by atoms with Gasteiger partial charge in [0, 0.05) is 47.9 Å². The van der Waals surface area contributed by atoms with Crippen LogP contribution < -0.4 is 9.64 Å². The zero-order chi connectivity index (χ0) is 24.2. The van der Waals surface area contributed by atoms with Crippen LogP contribution in [0.4, 0.5) is 10.1 Å². The van der Waals surface area contributed by atoms with Crippen LogP contribution in [0.2, 0.25) is 0 Å². The second kappa shape index (κ2) is 10.5. The molecule has 6 nitrogen and oxygen atoms in total. The number of carboxylic acids is 1. The van der Waals surface area contributed by atoms with Crippen LogP contribution in [0.5, 0.6) is 5.88 Å². The van der Waals surface area contributed by atoms with Crippen LogP contribution in [0.3, 0.4) is 0 Å². The van der Waals surface area contributed by atoms with E-state index < -0.39 is 11.8 Å². The summed E-state index contributed by atoms with van der Waals surface area (Å²) in [5.41, 5.74) is 3.70. The second-order valence-corrected chi connectivity index (χ2v) is 10.2. The van der Waals surface area contributed by atoms with E-state index in [0.717, 1.165) is 44.5 Å². The van der Waals surface area contributed by atoms with Gasteiger partial charge in [-0.1, -0.05) is 27.7 Å².